The molecule has 0 saturated heterocycles. The monoisotopic (exact) mass is 434 g/mol. The summed E-state index contributed by atoms with van der Waals surface area (Å²) in [5, 5.41) is 0. The molecule has 2 heteroatoms. The topological polar surface area (TPSA) is 17.8 Å². The summed E-state index contributed by atoms with van der Waals surface area (Å²) in [5.41, 5.74) is 5.29. The summed E-state index contributed by atoms with van der Waals surface area (Å²) < 4.78 is 2.11. The van der Waals surface area contributed by atoms with E-state index in [4.69, 9.17) is 0 Å². The van der Waals surface area contributed by atoms with Gasteiger partial charge < -0.3 is 4.57 Å². The van der Waals surface area contributed by atoms with Crippen LogP contribution in [-0.2, 0) is 12.5 Å². The van der Waals surface area contributed by atoms with E-state index in [1.807, 2.05) is 26.2 Å². The van der Waals surface area contributed by atoms with Crippen molar-refractivity contribution >= 4 is 0 Å². The van der Waals surface area contributed by atoms with Crippen LogP contribution in [0.5, 0.6) is 0 Å². The molecule has 0 aliphatic carbocycles. The van der Waals surface area contributed by atoms with Gasteiger partial charge in [0.05, 0.1) is 0 Å². The van der Waals surface area contributed by atoms with Gasteiger partial charge in [0.1, 0.15) is 5.82 Å². The number of benzene rings is 2. The van der Waals surface area contributed by atoms with Gasteiger partial charge in [-0.15, -0.1) is 13.2 Å². The lowest BCUT2D eigenvalue weighted by molar-refractivity contribution is 0.440. The van der Waals surface area contributed by atoms with E-state index in [2.05, 4.69) is 113 Å². The number of hydrogen-bond acceptors (Lipinski definition) is 1. The first kappa shape index (κ1) is 29.4. The van der Waals surface area contributed by atoms with Crippen LogP contribution in [0.3, 0.4) is 0 Å². The van der Waals surface area contributed by atoms with Crippen molar-refractivity contribution in [2.75, 3.05) is 0 Å². The van der Waals surface area contributed by atoms with Gasteiger partial charge in [0.15, 0.2) is 0 Å². The second-order valence-corrected chi connectivity index (χ2v) is 7.76. The van der Waals surface area contributed by atoms with Gasteiger partial charge >= 0.3 is 0 Å². The molecule has 1 heterocycles. The molecule has 0 fully saturated rings. The maximum absolute atomic E-state index is 4.63. The quantitative estimate of drug-likeness (QED) is 0.353. The Morgan fingerprint density at radius 2 is 1.41 bits per heavy atom. The molecular formula is C30H46N2. The third kappa shape index (κ3) is 7.82. The number of rotatable bonds is 6. The first-order chi connectivity index (χ1) is 15.5. The predicted molar refractivity (Wildman–Crippen MR) is 145 cm³/mol. The number of aromatic nitrogens is 2. The highest BCUT2D eigenvalue weighted by Crippen LogP contribution is 2.39. The molecule has 0 atom stereocenters. The molecule has 0 N–H and O–H groups in total. The molecule has 0 spiro atoms. The fourth-order valence-electron chi connectivity index (χ4n) is 3.32. The summed E-state index contributed by atoms with van der Waals surface area (Å²) in [5.74, 6) is 1.04. The van der Waals surface area contributed by atoms with Crippen LogP contribution in [0, 0.1) is 0 Å². The summed E-state index contributed by atoms with van der Waals surface area (Å²) in [4.78, 5) is 4.63. The van der Waals surface area contributed by atoms with Crippen molar-refractivity contribution < 1.29 is 0 Å². The van der Waals surface area contributed by atoms with Gasteiger partial charge in [-0.3, -0.25) is 0 Å². The molecule has 0 saturated carbocycles. The van der Waals surface area contributed by atoms with E-state index in [0.29, 0.717) is 0 Å². The second kappa shape index (κ2) is 16.1. The zero-order chi connectivity index (χ0) is 24.6. The summed E-state index contributed by atoms with van der Waals surface area (Å²) in [7, 11) is 2.07. The summed E-state index contributed by atoms with van der Waals surface area (Å²) in [6.07, 6.45) is 8.77. The van der Waals surface area contributed by atoms with Gasteiger partial charge in [0, 0.05) is 25.0 Å². The fraction of sp³-hybridized carbons (Fsp3) is 0.433. The lowest BCUT2D eigenvalue weighted by atomic mass is 9.75. The van der Waals surface area contributed by atoms with Crippen LogP contribution in [-0.4, -0.2) is 9.55 Å². The second-order valence-electron chi connectivity index (χ2n) is 7.76. The zero-order valence-corrected chi connectivity index (χ0v) is 21.9. The Hall–Kier alpha value is -2.61. The van der Waals surface area contributed by atoms with E-state index < -0.39 is 0 Å². The Bertz CT molecular complexity index is 856. The molecule has 0 radical (unpaired) electrons. The standard InChI is InChI=1S/C22H26N2.C4H10.C2H6.C2H4/c1-5-22(3,6-2)20-13-12-18(17-10-8-7-9-11-17)16-19(20)21-23-14-15-24(21)4;1-3-4-2;2*1-2/h7-16H,5-6H2,1-4H3;3-4H2,1-2H3;1-2H3;1-2H2. The van der Waals surface area contributed by atoms with Crippen LogP contribution in [0.4, 0.5) is 0 Å². The third-order valence-electron chi connectivity index (χ3n) is 5.90. The zero-order valence-electron chi connectivity index (χ0n) is 21.9. The predicted octanol–water partition coefficient (Wildman–Crippen LogP) is 9.47. The van der Waals surface area contributed by atoms with E-state index in [9.17, 15) is 0 Å². The van der Waals surface area contributed by atoms with Crippen molar-refractivity contribution in [2.24, 2.45) is 7.05 Å². The van der Waals surface area contributed by atoms with Crippen LogP contribution >= 0.6 is 0 Å². The highest BCUT2D eigenvalue weighted by atomic mass is 15.0. The maximum atomic E-state index is 4.63. The van der Waals surface area contributed by atoms with Crippen molar-refractivity contribution in [1.82, 2.24) is 9.55 Å². The molecule has 2 aromatic carbocycles. The van der Waals surface area contributed by atoms with E-state index in [-0.39, 0.29) is 5.41 Å². The van der Waals surface area contributed by atoms with Gasteiger partial charge in [-0.25, -0.2) is 4.98 Å². The first-order valence-corrected chi connectivity index (χ1v) is 12.2. The minimum atomic E-state index is 0.163. The molecule has 2 nitrogen and oxygen atoms in total. The molecule has 0 aliphatic rings. The van der Waals surface area contributed by atoms with E-state index in [1.54, 1.807) is 0 Å². The van der Waals surface area contributed by atoms with E-state index in [0.717, 1.165) is 18.7 Å². The Morgan fingerprint density at radius 3 is 1.84 bits per heavy atom. The van der Waals surface area contributed by atoms with Gasteiger partial charge in [0.2, 0.25) is 0 Å². The van der Waals surface area contributed by atoms with Crippen molar-refractivity contribution in [3.8, 4) is 22.5 Å². The Kier molecular flexibility index (Phi) is 14.8. The number of aryl methyl sites for hydroxylation is 1. The van der Waals surface area contributed by atoms with Gasteiger partial charge in [0.25, 0.3) is 0 Å². The molecule has 0 unspecified atom stereocenters. The molecule has 0 amide bonds. The lowest BCUT2D eigenvalue weighted by Crippen LogP contribution is -2.21. The minimum absolute atomic E-state index is 0.163. The fourth-order valence-corrected chi connectivity index (χ4v) is 3.32. The molecule has 32 heavy (non-hydrogen) atoms. The van der Waals surface area contributed by atoms with E-state index >= 15 is 0 Å². The third-order valence-corrected chi connectivity index (χ3v) is 5.90. The normalized spacial score (nSPS) is 10.0. The minimum Gasteiger partial charge on any atom is -0.334 e. The van der Waals surface area contributed by atoms with Crippen LogP contribution in [0.1, 0.15) is 79.7 Å². The molecular weight excluding hydrogens is 388 g/mol. The smallest absolute Gasteiger partial charge is 0.139 e. The SMILES string of the molecule is C=C.CC.CCC(C)(CC)c1ccc(-c2ccccc2)cc1-c1nccn1C.CCCC. The van der Waals surface area contributed by atoms with Gasteiger partial charge in [-0.05, 0) is 41.0 Å². The summed E-state index contributed by atoms with van der Waals surface area (Å²) >= 11 is 0. The highest BCUT2D eigenvalue weighted by molar-refractivity contribution is 5.73. The van der Waals surface area contributed by atoms with Gasteiger partial charge in [-0.2, -0.15) is 0 Å². The summed E-state index contributed by atoms with van der Waals surface area (Å²) in [6, 6.07) is 17.4. The molecule has 176 valence electrons. The molecule has 0 aliphatic heterocycles. The van der Waals surface area contributed by atoms with Crippen LogP contribution in [0.2, 0.25) is 0 Å². The molecule has 0 bridgehead atoms. The van der Waals surface area contributed by atoms with E-state index in [1.165, 1.54) is 35.1 Å². The Labute approximate surface area is 198 Å². The Morgan fingerprint density at radius 1 is 0.844 bits per heavy atom. The highest BCUT2D eigenvalue weighted by Gasteiger charge is 2.27. The number of nitrogens with zero attached hydrogens (tertiary/aromatic N) is 2. The lowest BCUT2D eigenvalue weighted by Gasteiger charge is -2.30. The van der Waals surface area contributed by atoms with Crippen LogP contribution in [0.15, 0.2) is 74.1 Å². The van der Waals surface area contributed by atoms with Crippen molar-refractivity contribution in [2.45, 2.75) is 79.6 Å². The largest absolute Gasteiger partial charge is 0.334 e. The van der Waals surface area contributed by atoms with Crippen LogP contribution < -0.4 is 0 Å². The number of imidazole rings is 1. The maximum Gasteiger partial charge on any atom is 0.139 e. The average molecular weight is 435 g/mol. The summed E-state index contributed by atoms with van der Waals surface area (Å²) in [6.45, 7) is 21.3. The molecule has 3 aromatic rings. The number of unbranched alkanes of at least 4 members (excludes halogenated alkanes) is 1. The van der Waals surface area contributed by atoms with Crippen molar-refractivity contribution in [3.63, 3.8) is 0 Å². The number of hydrogen-bond donors (Lipinski definition) is 0. The van der Waals surface area contributed by atoms with Gasteiger partial charge in [-0.1, -0.05) is 104 Å². The average Bonchev–Trinajstić information content (AvgIpc) is 3.32. The molecule has 1 aromatic heterocycles. The Balaban J connectivity index is 0.00000106. The van der Waals surface area contributed by atoms with Crippen molar-refractivity contribution in [3.05, 3.63) is 79.6 Å². The van der Waals surface area contributed by atoms with Crippen molar-refractivity contribution in [1.29, 1.82) is 0 Å². The van der Waals surface area contributed by atoms with Crippen LogP contribution in [0.25, 0.3) is 22.5 Å². The molecule has 3 rings (SSSR count). The first-order valence-electron chi connectivity index (χ1n) is 12.2.